The number of hydrogen-bond donors (Lipinski definition) is 1. The molecule has 1 atom stereocenters. The molecule has 0 spiro atoms. The first-order valence-electron chi connectivity index (χ1n) is 12.2. The SMILES string of the molecule is CC(C)CNC(=O)[C@@H](C)N(Cc1c(Cl)cccc1Cl)C(=O)CN(c1cccc(Br)c1)S(=O)(=O)c1ccccc1. The van der Waals surface area contributed by atoms with Gasteiger partial charge in [-0.05, 0) is 55.3 Å². The monoisotopic (exact) mass is 653 g/mol. The molecular weight excluding hydrogens is 625 g/mol. The maximum atomic E-state index is 13.9. The Morgan fingerprint density at radius 3 is 2.13 bits per heavy atom. The van der Waals surface area contributed by atoms with Gasteiger partial charge in [-0.2, -0.15) is 0 Å². The van der Waals surface area contributed by atoms with Gasteiger partial charge in [0, 0.05) is 33.2 Å². The summed E-state index contributed by atoms with van der Waals surface area (Å²) in [5.41, 5.74) is 0.742. The van der Waals surface area contributed by atoms with E-state index in [1.54, 1.807) is 67.6 Å². The maximum absolute atomic E-state index is 13.9. The summed E-state index contributed by atoms with van der Waals surface area (Å²) >= 11 is 16.2. The summed E-state index contributed by atoms with van der Waals surface area (Å²) in [5.74, 6) is -0.774. The maximum Gasteiger partial charge on any atom is 0.264 e. The molecule has 7 nitrogen and oxygen atoms in total. The van der Waals surface area contributed by atoms with Crippen molar-refractivity contribution < 1.29 is 18.0 Å². The van der Waals surface area contributed by atoms with Gasteiger partial charge in [-0.25, -0.2) is 8.42 Å². The van der Waals surface area contributed by atoms with Crippen molar-refractivity contribution in [2.24, 2.45) is 5.92 Å². The van der Waals surface area contributed by atoms with Crippen molar-refractivity contribution >= 4 is 66.7 Å². The zero-order valence-electron chi connectivity index (χ0n) is 21.8. The molecule has 208 valence electrons. The van der Waals surface area contributed by atoms with Crippen LogP contribution in [0.5, 0.6) is 0 Å². The van der Waals surface area contributed by atoms with Gasteiger partial charge in [0.15, 0.2) is 0 Å². The highest BCUT2D eigenvalue weighted by Gasteiger charge is 2.33. The Balaban J connectivity index is 2.04. The van der Waals surface area contributed by atoms with Crippen LogP contribution >= 0.6 is 39.1 Å². The van der Waals surface area contributed by atoms with Crippen LogP contribution in [0.1, 0.15) is 26.3 Å². The van der Waals surface area contributed by atoms with Crippen molar-refractivity contribution in [3.63, 3.8) is 0 Å². The molecule has 1 N–H and O–H groups in total. The summed E-state index contributed by atoms with van der Waals surface area (Å²) in [4.78, 5) is 28.3. The van der Waals surface area contributed by atoms with Gasteiger partial charge in [-0.3, -0.25) is 13.9 Å². The lowest BCUT2D eigenvalue weighted by Gasteiger charge is -2.32. The predicted octanol–water partition coefficient (Wildman–Crippen LogP) is 6.14. The minimum absolute atomic E-state index is 0.0289. The Hall–Kier alpha value is -2.59. The van der Waals surface area contributed by atoms with E-state index < -0.39 is 28.5 Å². The van der Waals surface area contributed by atoms with Gasteiger partial charge in [0.25, 0.3) is 10.0 Å². The van der Waals surface area contributed by atoms with E-state index in [4.69, 9.17) is 23.2 Å². The normalized spacial score (nSPS) is 12.2. The van der Waals surface area contributed by atoms with Gasteiger partial charge >= 0.3 is 0 Å². The number of amides is 2. The fraction of sp³-hybridized carbons (Fsp3) is 0.286. The molecule has 0 aliphatic rings. The average molecular weight is 655 g/mol. The first kappa shape index (κ1) is 30.9. The van der Waals surface area contributed by atoms with E-state index in [0.29, 0.717) is 26.6 Å². The Morgan fingerprint density at radius 2 is 1.54 bits per heavy atom. The number of benzene rings is 3. The predicted molar refractivity (Wildman–Crippen MR) is 159 cm³/mol. The molecule has 11 heteroatoms. The summed E-state index contributed by atoms with van der Waals surface area (Å²) in [5, 5.41) is 3.50. The van der Waals surface area contributed by atoms with Gasteiger partial charge in [0.05, 0.1) is 10.6 Å². The lowest BCUT2D eigenvalue weighted by molar-refractivity contribution is -0.139. The van der Waals surface area contributed by atoms with Gasteiger partial charge < -0.3 is 10.2 Å². The van der Waals surface area contributed by atoms with Gasteiger partial charge in [-0.1, -0.05) is 83.3 Å². The minimum Gasteiger partial charge on any atom is -0.354 e. The summed E-state index contributed by atoms with van der Waals surface area (Å²) in [6.07, 6.45) is 0. The summed E-state index contributed by atoms with van der Waals surface area (Å²) < 4.78 is 29.2. The number of nitrogens with one attached hydrogen (secondary N) is 1. The molecule has 0 heterocycles. The number of nitrogens with zero attached hydrogens (tertiary/aromatic N) is 2. The quantitative estimate of drug-likeness (QED) is 0.269. The fourth-order valence-electron chi connectivity index (χ4n) is 3.77. The average Bonchev–Trinajstić information content (AvgIpc) is 2.90. The van der Waals surface area contributed by atoms with Crippen LogP contribution in [0.2, 0.25) is 10.0 Å². The van der Waals surface area contributed by atoms with Crippen molar-refractivity contribution in [1.29, 1.82) is 0 Å². The third kappa shape index (κ3) is 7.97. The van der Waals surface area contributed by atoms with Crippen molar-refractivity contribution in [2.75, 3.05) is 17.4 Å². The molecule has 2 amide bonds. The molecular formula is C28H30BrCl2N3O4S. The van der Waals surface area contributed by atoms with Gasteiger partial charge in [-0.15, -0.1) is 0 Å². The highest BCUT2D eigenvalue weighted by Crippen LogP contribution is 2.29. The van der Waals surface area contributed by atoms with Crippen LogP contribution in [-0.4, -0.2) is 44.3 Å². The Labute approximate surface area is 248 Å². The first-order valence-corrected chi connectivity index (χ1v) is 15.2. The second kappa shape index (κ2) is 13.7. The number of rotatable bonds is 11. The molecule has 3 aromatic carbocycles. The van der Waals surface area contributed by atoms with E-state index in [9.17, 15) is 18.0 Å². The smallest absolute Gasteiger partial charge is 0.264 e. The number of carbonyl (C=O) groups excluding carboxylic acids is 2. The molecule has 0 saturated carbocycles. The number of sulfonamides is 1. The van der Waals surface area contributed by atoms with E-state index in [-0.39, 0.29) is 29.0 Å². The molecule has 3 aromatic rings. The van der Waals surface area contributed by atoms with Crippen LogP contribution in [0.3, 0.4) is 0 Å². The Morgan fingerprint density at radius 1 is 0.923 bits per heavy atom. The second-order valence-electron chi connectivity index (χ2n) is 9.34. The van der Waals surface area contributed by atoms with Gasteiger partial charge in [0.1, 0.15) is 12.6 Å². The Bertz CT molecular complexity index is 1400. The highest BCUT2D eigenvalue weighted by atomic mass is 79.9. The van der Waals surface area contributed by atoms with Crippen molar-refractivity contribution in [3.05, 3.63) is 92.9 Å². The Kier molecular flexibility index (Phi) is 10.8. The van der Waals surface area contributed by atoms with Crippen LogP contribution in [0, 0.1) is 5.92 Å². The zero-order chi connectivity index (χ0) is 28.7. The van der Waals surface area contributed by atoms with Crippen molar-refractivity contribution in [2.45, 2.75) is 38.3 Å². The molecule has 0 unspecified atom stereocenters. The standard InChI is InChI=1S/C28H30BrCl2N3O4S/c1-19(2)16-32-28(36)20(3)33(17-24-25(30)13-8-14-26(24)31)27(35)18-34(22-10-7-9-21(29)15-22)39(37,38)23-11-5-4-6-12-23/h4-15,19-20H,16-18H2,1-3H3,(H,32,36)/t20-/m1/s1. The molecule has 0 aliphatic heterocycles. The van der Waals surface area contributed by atoms with E-state index >= 15 is 0 Å². The number of anilines is 1. The molecule has 0 saturated heterocycles. The largest absolute Gasteiger partial charge is 0.354 e. The summed E-state index contributed by atoms with van der Waals surface area (Å²) in [7, 11) is -4.14. The summed E-state index contributed by atoms with van der Waals surface area (Å²) in [6.45, 7) is 5.28. The zero-order valence-corrected chi connectivity index (χ0v) is 25.7. The third-order valence-electron chi connectivity index (χ3n) is 5.95. The molecule has 39 heavy (non-hydrogen) atoms. The molecule has 0 bridgehead atoms. The van der Waals surface area contributed by atoms with Crippen LogP contribution in [0.4, 0.5) is 5.69 Å². The van der Waals surface area contributed by atoms with E-state index in [1.807, 2.05) is 13.8 Å². The highest BCUT2D eigenvalue weighted by molar-refractivity contribution is 9.10. The van der Waals surface area contributed by atoms with Crippen LogP contribution < -0.4 is 9.62 Å². The van der Waals surface area contributed by atoms with Gasteiger partial charge in [0.2, 0.25) is 11.8 Å². The molecule has 0 aliphatic carbocycles. The van der Waals surface area contributed by atoms with Crippen LogP contribution in [0.25, 0.3) is 0 Å². The van der Waals surface area contributed by atoms with Crippen LogP contribution in [-0.2, 0) is 26.2 Å². The van der Waals surface area contributed by atoms with E-state index in [2.05, 4.69) is 21.2 Å². The van der Waals surface area contributed by atoms with Crippen molar-refractivity contribution in [3.8, 4) is 0 Å². The summed E-state index contributed by atoms with van der Waals surface area (Å²) in [6, 6.07) is 18.5. The van der Waals surface area contributed by atoms with Crippen molar-refractivity contribution in [1.82, 2.24) is 10.2 Å². The minimum atomic E-state index is -4.14. The van der Waals surface area contributed by atoms with E-state index in [1.165, 1.54) is 17.0 Å². The fourth-order valence-corrected chi connectivity index (χ4v) is 6.10. The molecule has 0 radical (unpaired) electrons. The number of halogens is 3. The first-order chi connectivity index (χ1) is 18.4. The lowest BCUT2D eigenvalue weighted by Crippen LogP contribution is -2.51. The lowest BCUT2D eigenvalue weighted by atomic mass is 10.1. The molecule has 0 fully saturated rings. The second-order valence-corrected chi connectivity index (χ2v) is 12.9. The van der Waals surface area contributed by atoms with Crippen LogP contribution in [0.15, 0.2) is 82.2 Å². The topological polar surface area (TPSA) is 86.8 Å². The molecule has 0 aromatic heterocycles. The van der Waals surface area contributed by atoms with E-state index in [0.717, 1.165) is 4.31 Å². The number of carbonyl (C=O) groups is 2. The number of hydrogen-bond acceptors (Lipinski definition) is 4. The molecule has 3 rings (SSSR count). The third-order valence-corrected chi connectivity index (χ3v) is 8.94.